The van der Waals surface area contributed by atoms with E-state index >= 15 is 0 Å². The molecule has 2 aromatic heterocycles. The van der Waals surface area contributed by atoms with Gasteiger partial charge in [0.05, 0.1) is 24.2 Å². The van der Waals surface area contributed by atoms with Gasteiger partial charge in [0.1, 0.15) is 5.76 Å². The highest BCUT2D eigenvalue weighted by atomic mass is 79.9. The van der Waals surface area contributed by atoms with Crippen LogP contribution in [0.1, 0.15) is 37.9 Å². The van der Waals surface area contributed by atoms with Crippen molar-refractivity contribution in [2.75, 3.05) is 0 Å². The number of carbonyl (C=O) groups excluding carboxylic acids is 2. The number of hydrogen-bond donors (Lipinski definition) is 2. The maximum absolute atomic E-state index is 12.7. The van der Waals surface area contributed by atoms with Crippen molar-refractivity contribution in [2.45, 2.75) is 20.0 Å². The minimum atomic E-state index is -0.337. The van der Waals surface area contributed by atoms with Crippen LogP contribution in [-0.2, 0) is 13.1 Å². The molecule has 2 aromatic carbocycles. The van der Waals surface area contributed by atoms with E-state index in [1.54, 1.807) is 48.2 Å². The van der Waals surface area contributed by atoms with E-state index in [1.165, 1.54) is 0 Å². The highest BCUT2D eigenvalue weighted by molar-refractivity contribution is 9.10. The minimum absolute atomic E-state index is 0.220. The molecule has 0 aliphatic heterocycles. The lowest BCUT2D eigenvalue weighted by Crippen LogP contribution is -2.25. The Morgan fingerprint density at radius 2 is 1.81 bits per heavy atom. The second kappa shape index (κ2) is 9.61. The third kappa shape index (κ3) is 4.94. The van der Waals surface area contributed by atoms with Crippen LogP contribution in [0, 0.1) is 6.92 Å². The minimum Gasteiger partial charge on any atom is -0.467 e. The van der Waals surface area contributed by atoms with Crippen molar-refractivity contribution in [1.29, 1.82) is 0 Å². The fourth-order valence-corrected chi connectivity index (χ4v) is 3.55. The van der Waals surface area contributed by atoms with Crippen molar-refractivity contribution in [3.63, 3.8) is 0 Å². The number of rotatable bonds is 7. The molecular formula is C23H20BrN5O3. The third-order valence-corrected chi connectivity index (χ3v) is 5.30. The average molecular weight is 494 g/mol. The molecule has 0 aliphatic rings. The van der Waals surface area contributed by atoms with Crippen molar-refractivity contribution in [3.05, 3.63) is 99.7 Å². The number of benzene rings is 2. The quantitative estimate of drug-likeness (QED) is 0.407. The molecule has 0 unspecified atom stereocenters. The Morgan fingerprint density at radius 3 is 2.59 bits per heavy atom. The molecule has 9 heteroatoms. The maximum atomic E-state index is 12.7. The molecule has 2 amide bonds. The summed E-state index contributed by atoms with van der Waals surface area (Å²) < 4.78 is 7.74. The number of nitrogens with zero attached hydrogens (tertiary/aromatic N) is 3. The van der Waals surface area contributed by atoms with Crippen LogP contribution in [0.15, 0.2) is 75.8 Å². The van der Waals surface area contributed by atoms with Gasteiger partial charge in [-0.25, -0.2) is 4.68 Å². The van der Waals surface area contributed by atoms with Crippen LogP contribution < -0.4 is 10.6 Å². The van der Waals surface area contributed by atoms with Gasteiger partial charge < -0.3 is 15.1 Å². The van der Waals surface area contributed by atoms with E-state index in [4.69, 9.17) is 4.42 Å². The second-order valence-corrected chi connectivity index (χ2v) is 7.98. The highest BCUT2D eigenvalue weighted by Crippen LogP contribution is 2.17. The largest absolute Gasteiger partial charge is 0.467 e. The van der Waals surface area contributed by atoms with Gasteiger partial charge in [0.15, 0.2) is 5.69 Å². The van der Waals surface area contributed by atoms with Crippen LogP contribution in [-0.4, -0.2) is 26.8 Å². The first-order valence-electron chi connectivity index (χ1n) is 9.87. The number of furan rings is 1. The number of amides is 2. The molecule has 32 heavy (non-hydrogen) atoms. The van der Waals surface area contributed by atoms with Crippen LogP contribution in [0.25, 0.3) is 5.69 Å². The Bertz CT molecular complexity index is 1250. The zero-order chi connectivity index (χ0) is 22.5. The first kappa shape index (κ1) is 21.5. The van der Waals surface area contributed by atoms with Crippen molar-refractivity contribution in [3.8, 4) is 5.69 Å². The van der Waals surface area contributed by atoms with Crippen molar-refractivity contribution < 1.29 is 14.0 Å². The summed E-state index contributed by atoms with van der Waals surface area (Å²) in [4.78, 5) is 25.1. The van der Waals surface area contributed by atoms with E-state index in [2.05, 4.69) is 36.9 Å². The van der Waals surface area contributed by atoms with E-state index in [9.17, 15) is 9.59 Å². The van der Waals surface area contributed by atoms with Gasteiger partial charge in [-0.15, -0.1) is 5.10 Å². The average Bonchev–Trinajstić information content (AvgIpc) is 3.46. The van der Waals surface area contributed by atoms with E-state index in [-0.39, 0.29) is 24.1 Å². The van der Waals surface area contributed by atoms with E-state index in [1.807, 2.05) is 30.3 Å². The first-order chi connectivity index (χ1) is 15.5. The van der Waals surface area contributed by atoms with E-state index < -0.39 is 0 Å². The molecule has 0 bridgehead atoms. The molecule has 8 nitrogen and oxygen atoms in total. The van der Waals surface area contributed by atoms with Gasteiger partial charge in [-0.1, -0.05) is 39.3 Å². The summed E-state index contributed by atoms with van der Waals surface area (Å²) >= 11 is 3.43. The molecule has 0 saturated heterocycles. The highest BCUT2D eigenvalue weighted by Gasteiger charge is 2.17. The molecule has 0 radical (unpaired) electrons. The van der Waals surface area contributed by atoms with Crippen LogP contribution in [0.3, 0.4) is 0 Å². The number of aromatic nitrogens is 3. The summed E-state index contributed by atoms with van der Waals surface area (Å²) in [6.07, 6.45) is 1.56. The predicted molar refractivity (Wildman–Crippen MR) is 121 cm³/mol. The lowest BCUT2D eigenvalue weighted by atomic mass is 10.1. The fraction of sp³-hybridized carbons (Fsp3) is 0.130. The molecule has 4 aromatic rings. The molecule has 2 N–H and O–H groups in total. The van der Waals surface area contributed by atoms with Gasteiger partial charge in [0.2, 0.25) is 0 Å². The molecule has 0 fully saturated rings. The van der Waals surface area contributed by atoms with Crippen LogP contribution in [0.5, 0.6) is 0 Å². The van der Waals surface area contributed by atoms with Crippen molar-refractivity contribution in [1.82, 2.24) is 25.6 Å². The van der Waals surface area contributed by atoms with E-state index in [0.29, 0.717) is 23.6 Å². The third-order valence-electron chi connectivity index (χ3n) is 4.81. The summed E-state index contributed by atoms with van der Waals surface area (Å²) in [5.41, 5.74) is 2.97. The van der Waals surface area contributed by atoms with Crippen molar-refractivity contribution >= 4 is 27.7 Å². The van der Waals surface area contributed by atoms with Crippen LogP contribution in [0.4, 0.5) is 0 Å². The van der Waals surface area contributed by atoms with Gasteiger partial charge in [0, 0.05) is 16.6 Å². The zero-order valence-corrected chi connectivity index (χ0v) is 18.8. The van der Waals surface area contributed by atoms with E-state index in [0.717, 1.165) is 15.7 Å². The van der Waals surface area contributed by atoms with Gasteiger partial charge in [-0.3, -0.25) is 9.59 Å². The Labute approximate surface area is 192 Å². The number of nitrogens with one attached hydrogen (secondary N) is 2. The van der Waals surface area contributed by atoms with Crippen LogP contribution >= 0.6 is 15.9 Å². The second-order valence-electron chi connectivity index (χ2n) is 7.06. The Kier molecular flexibility index (Phi) is 6.46. The lowest BCUT2D eigenvalue weighted by molar-refractivity contribution is 0.0940. The lowest BCUT2D eigenvalue weighted by Gasteiger charge is -2.08. The van der Waals surface area contributed by atoms with Gasteiger partial charge in [-0.05, 0) is 55.0 Å². The summed E-state index contributed by atoms with van der Waals surface area (Å²) in [7, 11) is 0. The van der Waals surface area contributed by atoms with Crippen LogP contribution in [0.2, 0.25) is 0 Å². The number of hydrogen-bond acceptors (Lipinski definition) is 5. The van der Waals surface area contributed by atoms with Crippen molar-refractivity contribution in [2.24, 2.45) is 0 Å². The number of carbonyl (C=O) groups is 2. The SMILES string of the molecule is Cc1c(C(=O)NCc2cccc(C(=O)NCc3ccco3)c2)nnn1-c1cccc(Br)c1. The molecule has 0 saturated carbocycles. The molecule has 162 valence electrons. The number of halogens is 1. The molecular weight excluding hydrogens is 474 g/mol. The zero-order valence-electron chi connectivity index (χ0n) is 17.2. The van der Waals surface area contributed by atoms with Gasteiger partial charge in [-0.2, -0.15) is 0 Å². The topological polar surface area (TPSA) is 102 Å². The Hall–Kier alpha value is -3.72. The first-order valence-corrected chi connectivity index (χ1v) is 10.7. The smallest absolute Gasteiger partial charge is 0.274 e. The summed E-state index contributed by atoms with van der Waals surface area (Å²) in [6.45, 7) is 2.35. The molecule has 0 spiro atoms. The summed E-state index contributed by atoms with van der Waals surface area (Å²) in [5.74, 6) is 0.117. The molecule has 0 atom stereocenters. The normalized spacial score (nSPS) is 10.7. The molecule has 4 rings (SSSR count). The Morgan fingerprint density at radius 1 is 1.00 bits per heavy atom. The standard InChI is InChI=1S/C23H20BrN5O3/c1-15-21(27-28-29(15)19-8-3-7-18(24)12-19)23(31)25-13-16-5-2-6-17(11-16)22(30)26-14-20-9-4-10-32-20/h2-12H,13-14H2,1H3,(H,25,31)(H,26,30). The maximum Gasteiger partial charge on any atom is 0.274 e. The Balaban J connectivity index is 1.39. The molecule has 0 aliphatic carbocycles. The summed E-state index contributed by atoms with van der Waals surface area (Å²) in [6, 6.07) is 18.2. The summed E-state index contributed by atoms with van der Waals surface area (Å²) in [5, 5.41) is 13.8. The monoisotopic (exact) mass is 493 g/mol. The van der Waals surface area contributed by atoms with Gasteiger partial charge in [0.25, 0.3) is 11.8 Å². The molecule has 2 heterocycles. The predicted octanol–water partition coefficient (Wildman–Crippen LogP) is 3.79. The fourth-order valence-electron chi connectivity index (χ4n) is 3.16. The van der Waals surface area contributed by atoms with Gasteiger partial charge >= 0.3 is 0 Å².